The number of aromatic amines is 1. The maximum Gasteiger partial charge on any atom is 0.277 e. The van der Waals surface area contributed by atoms with E-state index in [1.54, 1.807) is 10.7 Å². The van der Waals surface area contributed by atoms with Gasteiger partial charge in [-0.3, -0.25) is 9.69 Å². The fraction of sp³-hybridized carbons (Fsp3) is 0.625. The highest BCUT2D eigenvalue weighted by molar-refractivity contribution is 5.42. The number of hydrogen-bond acceptors (Lipinski definition) is 7. The number of aromatic nitrogens is 4. The van der Waals surface area contributed by atoms with Gasteiger partial charge in [-0.05, 0) is 26.7 Å². The average molecular weight is 456 g/mol. The topological polar surface area (TPSA) is 94.0 Å². The van der Waals surface area contributed by atoms with Crippen molar-refractivity contribution in [3.8, 4) is 0 Å². The quantitative estimate of drug-likeness (QED) is 0.670. The zero-order valence-corrected chi connectivity index (χ0v) is 19.6. The Morgan fingerprint density at radius 3 is 2.76 bits per heavy atom. The Hall–Kier alpha value is -2.49. The molecule has 3 fully saturated rings. The third kappa shape index (κ3) is 4.25. The molecule has 2 aromatic heterocycles. The molecule has 9 nitrogen and oxygen atoms in total. The smallest absolute Gasteiger partial charge is 0.277 e. The van der Waals surface area contributed by atoms with Crippen molar-refractivity contribution in [1.82, 2.24) is 24.5 Å². The highest BCUT2D eigenvalue weighted by atomic mass is 16.7. The van der Waals surface area contributed by atoms with Crippen LogP contribution in [0.5, 0.6) is 0 Å². The predicted molar refractivity (Wildman–Crippen MR) is 123 cm³/mol. The van der Waals surface area contributed by atoms with Crippen molar-refractivity contribution in [2.45, 2.75) is 51.7 Å². The number of rotatable bonds is 6. The van der Waals surface area contributed by atoms with Gasteiger partial charge < -0.3 is 19.2 Å². The Bertz CT molecular complexity index is 1110. The van der Waals surface area contributed by atoms with Crippen molar-refractivity contribution in [3.63, 3.8) is 0 Å². The van der Waals surface area contributed by atoms with Crippen LogP contribution in [0.15, 0.2) is 35.0 Å². The van der Waals surface area contributed by atoms with Gasteiger partial charge in [-0.15, -0.1) is 0 Å². The van der Waals surface area contributed by atoms with Gasteiger partial charge >= 0.3 is 0 Å². The van der Waals surface area contributed by atoms with Crippen LogP contribution in [0, 0.1) is 11.8 Å². The van der Waals surface area contributed by atoms with Gasteiger partial charge in [0.15, 0.2) is 12.3 Å². The van der Waals surface area contributed by atoms with Gasteiger partial charge in [0.25, 0.3) is 5.56 Å². The summed E-state index contributed by atoms with van der Waals surface area (Å²) in [5.74, 6) is 3.22. The second-order valence-corrected chi connectivity index (χ2v) is 9.55. The Morgan fingerprint density at radius 2 is 2.06 bits per heavy atom. The molecule has 5 rings (SSSR count). The summed E-state index contributed by atoms with van der Waals surface area (Å²) >= 11 is 0. The molecule has 178 valence electrons. The molecule has 0 saturated carbocycles. The van der Waals surface area contributed by atoms with Gasteiger partial charge in [-0.2, -0.15) is 5.10 Å². The van der Waals surface area contributed by atoms with Crippen LogP contribution in [0.25, 0.3) is 5.52 Å². The summed E-state index contributed by atoms with van der Waals surface area (Å²) in [4.78, 5) is 22.6. The van der Waals surface area contributed by atoms with E-state index in [0.29, 0.717) is 23.0 Å². The van der Waals surface area contributed by atoms with E-state index in [4.69, 9.17) is 19.3 Å². The molecule has 2 aromatic rings. The minimum atomic E-state index is -0.140. The Kier molecular flexibility index (Phi) is 6.11. The van der Waals surface area contributed by atoms with Crippen LogP contribution in [-0.2, 0) is 14.2 Å². The van der Waals surface area contributed by atoms with Gasteiger partial charge in [0, 0.05) is 44.1 Å². The fourth-order valence-electron chi connectivity index (χ4n) is 5.09. The molecule has 9 heteroatoms. The SMILES string of the molecule is C=C1OCOC1C(C)/C=C(\C)C1CN(C(C)c2nn3c(C4CCOCC4)ncc3c(=O)[nH]2)C1. The van der Waals surface area contributed by atoms with Crippen molar-refractivity contribution in [3.05, 3.63) is 52.2 Å². The maximum atomic E-state index is 12.7. The van der Waals surface area contributed by atoms with Crippen LogP contribution in [-0.4, -0.2) is 63.7 Å². The zero-order valence-electron chi connectivity index (χ0n) is 19.6. The van der Waals surface area contributed by atoms with Crippen LogP contribution >= 0.6 is 0 Å². The van der Waals surface area contributed by atoms with Crippen molar-refractivity contribution in [2.24, 2.45) is 11.8 Å². The monoisotopic (exact) mass is 455 g/mol. The van der Waals surface area contributed by atoms with Crippen molar-refractivity contribution >= 4 is 5.52 Å². The molecule has 0 amide bonds. The number of imidazole rings is 1. The molecule has 3 aliphatic heterocycles. The molecule has 0 aromatic carbocycles. The lowest BCUT2D eigenvalue weighted by Crippen LogP contribution is -2.49. The summed E-state index contributed by atoms with van der Waals surface area (Å²) in [5, 5.41) is 4.81. The number of ether oxygens (including phenoxy) is 3. The molecule has 33 heavy (non-hydrogen) atoms. The van der Waals surface area contributed by atoms with Gasteiger partial charge in [0.2, 0.25) is 0 Å². The molecule has 3 atom stereocenters. The first-order chi connectivity index (χ1) is 15.9. The number of nitrogens with one attached hydrogen (secondary N) is 1. The summed E-state index contributed by atoms with van der Waals surface area (Å²) in [7, 11) is 0. The van der Waals surface area contributed by atoms with E-state index < -0.39 is 0 Å². The number of fused-ring (bicyclic) bond motifs is 1. The van der Waals surface area contributed by atoms with E-state index in [-0.39, 0.29) is 36.3 Å². The van der Waals surface area contributed by atoms with Crippen molar-refractivity contribution in [1.29, 1.82) is 0 Å². The van der Waals surface area contributed by atoms with E-state index in [2.05, 4.69) is 48.3 Å². The van der Waals surface area contributed by atoms with Gasteiger partial charge in [0.1, 0.15) is 23.5 Å². The van der Waals surface area contributed by atoms with Crippen LogP contribution < -0.4 is 5.56 Å². The molecule has 0 bridgehead atoms. The molecule has 3 aliphatic rings. The lowest BCUT2D eigenvalue weighted by Gasteiger charge is -2.43. The first kappa shape index (κ1) is 22.3. The van der Waals surface area contributed by atoms with E-state index in [9.17, 15) is 4.79 Å². The third-order valence-electron chi connectivity index (χ3n) is 7.34. The lowest BCUT2D eigenvalue weighted by atomic mass is 9.87. The second kappa shape index (κ2) is 9.04. The molecule has 0 spiro atoms. The van der Waals surface area contributed by atoms with E-state index in [1.807, 2.05) is 0 Å². The Balaban J connectivity index is 1.28. The number of hydrogen-bond donors (Lipinski definition) is 1. The molecule has 0 aliphatic carbocycles. The van der Waals surface area contributed by atoms with Gasteiger partial charge in [-0.25, -0.2) is 9.50 Å². The summed E-state index contributed by atoms with van der Waals surface area (Å²) in [6.07, 6.45) is 5.64. The molecule has 0 radical (unpaired) electrons. The highest BCUT2D eigenvalue weighted by Gasteiger charge is 2.34. The second-order valence-electron chi connectivity index (χ2n) is 9.55. The number of likely N-dealkylation sites (tertiary alicyclic amines) is 1. The van der Waals surface area contributed by atoms with Crippen LogP contribution in [0.3, 0.4) is 0 Å². The van der Waals surface area contributed by atoms with Crippen molar-refractivity contribution < 1.29 is 14.2 Å². The molecule has 3 saturated heterocycles. The summed E-state index contributed by atoms with van der Waals surface area (Å²) in [6.45, 7) is 13.9. The highest BCUT2D eigenvalue weighted by Crippen LogP contribution is 2.33. The number of nitrogens with zero attached hydrogens (tertiary/aromatic N) is 4. The molecule has 5 heterocycles. The maximum absolute atomic E-state index is 12.7. The average Bonchev–Trinajstić information content (AvgIpc) is 3.39. The van der Waals surface area contributed by atoms with Crippen LogP contribution in [0.2, 0.25) is 0 Å². The van der Waals surface area contributed by atoms with E-state index in [1.165, 1.54) is 5.57 Å². The first-order valence-corrected chi connectivity index (χ1v) is 11.8. The van der Waals surface area contributed by atoms with Gasteiger partial charge in [0.05, 0.1) is 12.2 Å². The fourth-order valence-corrected chi connectivity index (χ4v) is 5.09. The molecular formula is C24H33N5O4. The molecular weight excluding hydrogens is 422 g/mol. The molecule has 1 N–H and O–H groups in total. The van der Waals surface area contributed by atoms with Crippen LogP contribution in [0.4, 0.5) is 0 Å². The van der Waals surface area contributed by atoms with Crippen molar-refractivity contribution in [2.75, 3.05) is 33.1 Å². The van der Waals surface area contributed by atoms with Gasteiger partial charge in [-0.1, -0.05) is 25.2 Å². The summed E-state index contributed by atoms with van der Waals surface area (Å²) in [6, 6.07) is 0.0138. The lowest BCUT2D eigenvalue weighted by molar-refractivity contribution is 0.0378. The Morgan fingerprint density at radius 1 is 1.30 bits per heavy atom. The zero-order chi connectivity index (χ0) is 23.1. The Labute approximate surface area is 193 Å². The molecule has 3 unspecified atom stereocenters. The summed E-state index contributed by atoms with van der Waals surface area (Å²) in [5.41, 5.74) is 1.71. The van der Waals surface area contributed by atoms with E-state index >= 15 is 0 Å². The minimum absolute atomic E-state index is 0.0138. The first-order valence-electron chi connectivity index (χ1n) is 11.8. The standard InChI is InChI=1S/C24H33N5O4/c1-14(9-15(2)21-17(4)32-13-33-21)19-11-28(12-19)16(3)22-26-24(30)20-10-25-23(29(20)27-22)18-5-7-31-8-6-18/h9-10,15-16,18-19,21H,4-8,11-13H2,1-3H3,(H,26,27,30)/b14-9+. The van der Waals surface area contributed by atoms with E-state index in [0.717, 1.165) is 45.0 Å². The largest absolute Gasteiger partial charge is 0.470 e. The predicted octanol–water partition coefficient (Wildman–Crippen LogP) is 2.77. The summed E-state index contributed by atoms with van der Waals surface area (Å²) < 4.78 is 18.2. The number of H-pyrrole nitrogens is 1. The van der Waals surface area contributed by atoms with Crippen LogP contribution in [0.1, 0.15) is 57.2 Å². The third-order valence-corrected chi connectivity index (χ3v) is 7.34. The minimum Gasteiger partial charge on any atom is -0.470 e. The normalized spacial score (nSPS) is 25.2.